The molecule has 0 saturated heterocycles. The third-order valence-electron chi connectivity index (χ3n) is 7.74. The first-order valence-electron chi connectivity index (χ1n) is 14.4. The van der Waals surface area contributed by atoms with Gasteiger partial charge in [0.15, 0.2) is 11.5 Å². The zero-order chi connectivity index (χ0) is 31.9. The van der Waals surface area contributed by atoms with Crippen LogP contribution in [0.15, 0.2) is 71.6 Å². The maximum atomic E-state index is 14.3. The fourth-order valence-electron chi connectivity index (χ4n) is 5.37. The van der Waals surface area contributed by atoms with Crippen LogP contribution in [-0.2, 0) is 26.2 Å². The van der Waals surface area contributed by atoms with Gasteiger partial charge in [-0.25, -0.2) is 8.42 Å². The van der Waals surface area contributed by atoms with E-state index in [4.69, 9.17) is 32.7 Å². The number of sulfonamides is 1. The Labute approximate surface area is 269 Å². The summed E-state index contributed by atoms with van der Waals surface area (Å²) >= 11 is 13.0. The van der Waals surface area contributed by atoms with Crippen molar-refractivity contribution in [3.05, 3.63) is 82.3 Å². The Morgan fingerprint density at radius 1 is 0.932 bits per heavy atom. The molecule has 1 N–H and O–H groups in total. The minimum atomic E-state index is -4.30. The van der Waals surface area contributed by atoms with Crippen molar-refractivity contribution in [1.82, 2.24) is 10.2 Å². The van der Waals surface area contributed by atoms with E-state index in [1.54, 1.807) is 48.5 Å². The third kappa shape index (κ3) is 7.60. The molecule has 0 radical (unpaired) electrons. The summed E-state index contributed by atoms with van der Waals surface area (Å²) in [6.07, 6.45) is 4.09. The molecule has 0 unspecified atom stereocenters. The van der Waals surface area contributed by atoms with E-state index in [9.17, 15) is 18.0 Å². The molecule has 0 aromatic heterocycles. The van der Waals surface area contributed by atoms with Crippen molar-refractivity contribution in [2.75, 3.05) is 25.1 Å². The van der Waals surface area contributed by atoms with Gasteiger partial charge in [-0.05, 0) is 55.7 Å². The molecule has 0 spiro atoms. The predicted molar refractivity (Wildman–Crippen MR) is 172 cm³/mol. The standard InChI is InChI=1S/C32H37Cl2N3O6S/c1-4-28(32(39)35-22-11-8-9-12-22)36(20-25-26(33)15-10-16-27(25)34)31(38)21-37(23-13-6-5-7-14-23)44(40,41)24-17-18-29(42-2)30(19-24)43-3/h5-7,10,13-19,22,28H,4,8-9,11-12,20-21H2,1-3H3,(H,35,39)/t28-/m1/s1. The van der Waals surface area contributed by atoms with Crippen LogP contribution in [0, 0.1) is 0 Å². The number of rotatable bonds is 13. The highest BCUT2D eigenvalue weighted by molar-refractivity contribution is 7.92. The number of nitrogens with one attached hydrogen (secondary N) is 1. The highest BCUT2D eigenvalue weighted by Gasteiger charge is 2.35. The molecule has 3 aromatic rings. The molecule has 9 nitrogen and oxygen atoms in total. The molecule has 44 heavy (non-hydrogen) atoms. The fraction of sp³-hybridized carbons (Fsp3) is 0.375. The maximum absolute atomic E-state index is 14.3. The number of methoxy groups -OCH3 is 2. The molecule has 1 aliphatic rings. The summed E-state index contributed by atoms with van der Waals surface area (Å²) in [4.78, 5) is 29.2. The van der Waals surface area contributed by atoms with Gasteiger partial charge in [-0.2, -0.15) is 0 Å². The van der Waals surface area contributed by atoms with E-state index in [-0.39, 0.29) is 34.8 Å². The Hall–Kier alpha value is -3.47. The molecular weight excluding hydrogens is 625 g/mol. The van der Waals surface area contributed by atoms with E-state index >= 15 is 0 Å². The van der Waals surface area contributed by atoms with E-state index in [2.05, 4.69) is 5.32 Å². The van der Waals surface area contributed by atoms with Crippen LogP contribution in [0.4, 0.5) is 5.69 Å². The number of para-hydroxylation sites is 1. The lowest BCUT2D eigenvalue weighted by Gasteiger charge is -2.34. The van der Waals surface area contributed by atoms with Crippen LogP contribution >= 0.6 is 23.2 Å². The Bertz CT molecular complexity index is 1550. The van der Waals surface area contributed by atoms with Crippen molar-refractivity contribution in [3.8, 4) is 11.5 Å². The van der Waals surface area contributed by atoms with Gasteiger partial charge >= 0.3 is 0 Å². The first-order valence-corrected chi connectivity index (χ1v) is 16.6. The lowest BCUT2D eigenvalue weighted by Crippen LogP contribution is -2.53. The molecule has 12 heteroatoms. The molecule has 236 valence electrons. The van der Waals surface area contributed by atoms with E-state index < -0.39 is 28.5 Å². The molecule has 0 aliphatic heterocycles. The first-order chi connectivity index (χ1) is 21.1. The summed E-state index contributed by atoms with van der Waals surface area (Å²) in [6, 6.07) is 16.7. The summed E-state index contributed by atoms with van der Waals surface area (Å²) in [5.41, 5.74) is 0.736. The first kappa shape index (κ1) is 33.4. The number of ether oxygens (including phenoxy) is 2. The monoisotopic (exact) mass is 661 g/mol. The van der Waals surface area contributed by atoms with Gasteiger partial charge in [0.05, 0.1) is 24.8 Å². The highest BCUT2D eigenvalue weighted by atomic mass is 35.5. The highest BCUT2D eigenvalue weighted by Crippen LogP contribution is 2.33. The summed E-state index contributed by atoms with van der Waals surface area (Å²) in [6.45, 7) is 1.13. The Balaban J connectivity index is 1.75. The molecule has 1 aliphatic carbocycles. The number of carbonyl (C=O) groups excluding carboxylic acids is 2. The van der Waals surface area contributed by atoms with Gasteiger partial charge in [0.1, 0.15) is 12.6 Å². The van der Waals surface area contributed by atoms with Crippen LogP contribution in [0.1, 0.15) is 44.6 Å². The van der Waals surface area contributed by atoms with Crippen molar-refractivity contribution >= 4 is 50.7 Å². The fourth-order valence-corrected chi connectivity index (χ4v) is 7.32. The second-order valence-electron chi connectivity index (χ2n) is 10.5. The maximum Gasteiger partial charge on any atom is 0.264 e. The van der Waals surface area contributed by atoms with Crippen molar-refractivity contribution in [1.29, 1.82) is 0 Å². The van der Waals surface area contributed by atoms with Crippen LogP contribution in [0.5, 0.6) is 11.5 Å². The molecule has 2 amide bonds. The SMILES string of the molecule is CC[C@H](C(=O)NC1CCCC1)N(Cc1c(Cl)cccc1Cl)C(=O)CN(c1ccccc1)S(=O)(=O)c1ccc(OC)c(OC)c1. The average Bonchev–Trinajstić information content (AvgIpc) is 3.54. The number of hydrogen-bond donors (Lipinski definition) is 1. The van der Waals surface area contributed by atoms with E-state index in [1.165, 1.54) is 37.3 Å². The van der Waals surface area contributed by atoms with E-state index in [1.807, 2.05) is 6.92 Å². The number of benzene rings is 3. The number of amides is 2. The Morgan fingerprint density at radius 2 is 1.57 bits per heavy atom. The number of nitrogens with zero attached hydrogens (tertiary/aromatic N) is 2. The number of halogens is 2. The summed E-state index contributed by atoms with van der Waals surface area (Å²) in [7, 11) is -1.44. The number of carbonyl (C=O) groups is 2. The summed E-state index contributed by atoms with van der Waals surface area (Å²) in [5, 5.41) is 3.75. The number of anilines is 1. The second kappa shape index (κ2) is 15.0. The average molecular weight is 663 g/mol. The van der Waals surface area contributed by atoms with Gasteiger partial charge in [-0.1, -0.05) is 67.2 Å². The largest absolute Gasteiger partial charge is 0.493 e. The van der Waals surface area contributed by atoms with Crippen LogP contribution in [0.25, 0.3) is 0 Å². The van der Waals surface area contributed by atoms with Crippen LogP contribution in [-0.4, -0.2) is 58.0 Å². The molecular formula is C32H37Cl2N3O6S. The molecule has 0 bridgehead atoms. The van der Waals surface area contributed by atoms with Gasteiger partial charge in [-0.15, -0.1) is 0 Å². The topological polar surface area (TPSA) is 105 Å². The van der Waals surface area contributed by atoms with Crippen LogP contribution < -0.4 is 19.1 Å². The van der Waals surface area contributed by atoms with E-state index in [0.29, 0.717) is 27.8 Å². The smallest absolute Gasteiger partial charge is 0.264 e. The lowest BCUT2D eigenvalue weighted by atomic mass is 10.1. The van der Waals surface area contributed by atoms with E-state index in [0.717, 1.165) is 30.0 Å². The zero-order valence-electron chi connectivity index (χ0n) is 25.0. The lowest BCUT2D eigenvalue weighted by molar-refractivity contribution is -0.140. The number of hydrogen-bond acceptors (Lipinski definition) is 6. The Morgan fingerprint density at radius 3 is 2.16 bits per heavy atom. The molecule has 0 heterocycles. The summed E-state index contributed by atoms with van der Waals surface area (Å²) in [5.74, 6) is -0.319. The second-order valence-corrected chi connectivity index (χ2v) is 13.2. The predicted octanol–water partition coefficient (Wildman–Crippen LogP) is 6.07. The Kier molecular flexibility index (Phi) is 11.4. The molecule has 3 aromatic carbocycles. The van der Waals surface area contributed by atoms with Crippen LogP contribution in [0.2, 0.25) is 10.0 Å². The van der Waals surface area contributed by atoms with Crippen molar-refractivity contribution in [2.45, 2.75) is 62.6 Å². The van der Waals surface area contributed by atoms with Gasteiger partial charge < -0.3 is 19.7 Å². The molecule has 1 saturated carbocycles. The van der Waals surface area contributed by atoms with Crippen molar-refractivity contribution in [3.63, 3.8) is 0 Å². The quantitative estimate of drug-likeness (QED) is 0.238. The van der Waals surface area contributed by atoms with Gasteiger partial charge in [0.2, 0.25) is 11.8 Å². The minimum absolute atomic E-state index is 0.0312. The minimum Gasteiger partial charge on any atom is -0.493 e. The molecule has 1 atom stereocenters. The van der Waals surface area contributed by atoms with Gasteiger partial charge in [-0.3, -0.25) is 13.9 Å². The van der Waals surface area contributed by atoms with Gasteiger partial charge in [0.25, 0.3) is 10.0 Å². The molecule has 1 fully saturated rings. The third-order valence-corrected chi connectivity index (χ3v) is 10.2. The zero-order valence-corrected chi connectivity index (χ0v) is 27.3. The van der Waals surface area contributed by atoms with Crippen molar-refractivity contribution in [2.24, 2.45) is 0 Å². The van der Waals surface area contributed by atoms with Crippen LogP contribution in [0.3, 0.4) is 0 Å². The summed E-state index contributed by atoms with van der Waals surface area (Å²) < 4.78 is 40.0. The van der Waals surface area contributed by atoms with Crippen molar-refractivity contribution < 1.29 is 27.5 Å². The normalized spacial score (nSPS) is 14.1. The molecule has 4 rings (SSSR count). The van der Waals surface area contributed by atoms with Gasteiger partial charge in [0, 0.05) is 34.3 Å².